The van der Waals surface area contributed by atoms with Crippen LogP contribution >= 0.6 is 11.3 Å². The molecule has 0 spiro atoms. The number of nitrogens with two attached hydrogens (primary N) is 1. The van der Waals surface area contributed by atoms with Crippen LogP contribution in [0.5, 0.6) is 0 Å². The van der Waals surface area contributed by atoms with Crippen LogP contribution in [0, 0.1) is 0 Å². The number of hydrogen-bond acceptors (Lipinski definition) is 4. The molecule has 2 N–H and O–H groups in total. The molecule has 3 rings (SSSR count). The highest BCUT2D eigenvalue weighted by molar-refractivity contribution is 7.15. The van der Waals surface area contributed by atoms with Crippen LogP contribution in [0.4, 0.5) is 5.82 Å². The van der Waals surface area contributed by atoms with Crippen molar-refractivity contribution in [3.8, 4) is 0 Å². The molecule has 1 aliphatic rings. The molecule has 1 atom stereocenters. The van der Waals surface area contributed by atoms with Crippen molar-refractivity contribution in [1.29, 1.82) is 0 Å². The molecule has 0 saturated heterocycles. The Morgan fingerprint density at radius 3 is 2.76 bits per heavy atom. The fraction of sp³-hybridized carbons (Fsp3) is 0.688. The molecule has 2 heterocycles. The van der Waals surface area contributed by atoms with Crippen molar-refractivity contribution >= 4 is 22.1 Å². The highest BCUT2D eigenvalue weighted by atomic mass is 32.1. The van der Waals surface area contributed by atoms with Gasteiger partial charge in [0, 0.05) is 37.1 Å². The van der Waals surface area contributed by atoms with Crippen LogP contribution in [0.3, 0.4) is 0 Å². The maximum atomic E-state index is 6.06. The van der Waals surface area contributed by atoms with Crippen molar-refractivity contribution in [2.24, 2.45) is 5.73 Å². The lowest BCUT2D eigenvalue weighted by Crippen LogP contribution is -2.32. The minimum atomic E-state index is 0.158. The summed E-state index contributed by atoms with van der Waals surface area (Å²) in [6.45, 7) is 2.07. The molecule has 21 heavy (non-hydrogen) atoms. The molecular weight excluding hydrogens is 280 g/mol. The maximum absolute atomic E-state index is 6.06. The van der Waals surface area contributed by atoms with Gasteiger partial charge in [0.1, 0.15) is 0 Å². The zero-order chi connectivity index (χ0) is 14.8. The van der Waals surface area contributed by atoms with E-state index in [2.05, 4.69) is 34.8 Å². The average Bonchev–Trinajstić information content (AvgIpc) is 2.90. The van der Waals surface area contributed by atoms with E-state index >= 15 is 0 Å². The molecule has 5 heteroatoms. The first-order valence-corrected chi connectivity index (χ1v) is 8.97. The van der Waals surface area contributed by atoms with Crippen molar-refractivity contribution in [2.45, 2.75) is 64.0 Å². The fourth-order valence-corrected chi connectivity index (χ4v) is 4.14. The van der Waals surface area contributed by atoms with Gasteiger partial charge in [-0.15, -0.1) is 11.3 Å². The van der Waals surface area contributed by atoms with Gasteiger partial charge in [-0.05, 0) is 19.8 Å². The number of fused-ring (bicyclic) bond motifs is 1. The first kappa shape index (κ1) is 14.9. The zero-order valence-corrected chi connectivity index (χ0v) is 13.9. The Kier molecular flexibility index (Phi) is 4.50. The van der Waals surface area contributed by atoms with Crippen LogP contribution in [0.25, 0.3) is 4.96 Å². The highest BCUT2D eigenvalue weighted by Crippen LogP contribution is 2.30. The third kappa shape index (κ3) is 3.09. The van der Waals surface area contributed by atoms with Gasteiger partial charge in [0.15, 0.2) is 10.8 Å². The van der Waals surface area contributed by atoms with Crippen LogP contribution in [0.15, 0.2) is 11.6 Å². The molecule has 0 radical (unpaired) electrons. The first-order chi connectivity index (χ1) is 10.2. The van der Waals surface area contributed by atoms with Gasteiger partial charge in [0.05, 0.1) is 5.69 Å². The van der Waals surface area contributed by atoms with Gasteiger partial charge in [-0.3, -0.25) is 4.40 Å². The molecule has 0 bridgehead atoms. The summed E-state index contributed by atoms with van der Waals surface area (Å²) in [5.74, 6) is 1.14. The monoisotopic (exact) mass is 306 g/mol. The summed E-state index contributed by atoms with van der Waals surface area (Å²) in [5, 5.41) is 2.10. The zero-order valence-electron chi connectivity index (χ0n) is 13.1. The summed E-state index contributed by atoms with van der Waals surface area (Å²) < 4.78 is 2.22. The predicted molar refractivity (Wildman–Crippen MR) is 90.3 cm³/mol. The predicted octanol–water partition coefficient (Wildman–Crippen LogP) is 3.44. The number of aromatic nitrogens is 2. The second-order valence-electron chi connectivity index (χ2n) is 6.38. The fourth-order valence-electron chi connectivity index (χ4n) is 3.42. The summed E-state index contributed by atoms with van der Waals surface area (Å²) in [5.41, 5.74) is 7.33. The maximum Gasteiger partial charge on any atom is 0.195 e. The molecule has 2 aromatic rings. The van der Waals surface area contributed by atoms with Crippen molar-refractivity contribution in [3.05, 3.63) is 17.3 Å². The van der Waals surface area contributed by atoms with Crippen LogP contribution < -0.4 is 10.6 Å². The van der Waals surface area contributed by atoms with Crippen molar-refractivity contribution in [3.63, 3.8) is 0 Å². The van der Waals surface area contributed by atoms with E-state index in [1.165, 1.54) is 44.2 Å². The smallest absolute Gasteiger partial charge is 0.195 e. The van der Waals surface area contributed by atoms with Gasteiger partial charge in [0.2, 0.25) is 0 Å². The van der Waals surface area contributed by atoms with E-state index in [-0.39, 0.29) is 6.04 Å². The van der Waals surface area contributed by atoms with Crippen molar-refractivity contribution in [2.75, 3.05) is 11.9 Å². The van der Waals surface area contributed by atoms with E-state index in [4.69, 9.17) is 10.7 Å². The third-order valence-electron chi connectivity index (χ3n) is 4.56. The van der Waals surface area contributed by atoms with E-state index in [9.17, 15) is 0 Å². The van der Waals surface area contributed by atoms with Crippen molar-refractivity contribution in [1.82, 2.24) is 9.38 Å². The van der Waals surface area contributed by atoms with E-state index in [1.54, 1.807) is 11.3 Å². The van der Waals surface area contributed by atoms with Crippen LogP contribution in [0.2, 0.25) is 0 Å². The van der Waals surface area contributed by atoms with Crippen molar-refractivity contribution < 1.29 is 0 Å². The lowest BCUT2D eigenvalue weighted by molar-refractivity contribution is 0.547. The number of anilines is 1. The van der Waals surface area contributed by atoms with E-state index in [1.807, 2.05) is 0 Å². The van der Waals surface area contributed by atoms with Gasteiger partial charge in [-0.2, -0.15) is 0 Å². The largest absolute Gasteiger partial charge is 0.355 e. The summed E-state index contributed by atoms with van der Waals surface area (Å²) in [6.07, 6.45) is 11.0. The van der Waals surface area contributed by atoms with Gasteiger partial charge in [-0.25, -0.2) is 4.98 Å². The molecule has 0 aliphatic heterocycles. The molecule has 4 nitrogen and oxygen atoms in total. The Balaban J connectivity index is 1.92. The lowest BCUT2D eigenvalue weighted by atomic mass is 10.1. The Labute approximate surface area is 131 Å². The third-order valence-corrected chi connectivity index (χ3v) is 5.32. The van der Waals surface area contributed by atoms with Gasteiger partial charge in [-0.1, -0.05) is 25.7 Å². The van der Waals surface area contributed by atoms with Crippen LogP contribution in [-0.4, -0.2) is 28.5 Å². The lowest BCUT2D eigenvalue weighted by Gasteiger charge is -2.28. The Morgan fingerprint density at radius 2 is 2.10 bits per heavy atom. The quantitative estimate of drug-likeness (QED) is 0.880. The highest BCUT2D eigenvalue weighted by Gasteiger charge is 2.23. The summed E-state index contributed by atoms with van der Waals surface area (Å²) in [7, 11) is 2.22. The summed E-state index contributed by atoms with van der Waals surface area (Å²) in [6, 6.07) is 0.787. The van der Waals surface area contributed by atoms with Crippen LogP contribution in [-0.2, 0) is 6.42 Å². The van der Waals surface area contributed by atoms with E-state index < -0.39 is 0 Å². The average molecular weight is 306 g/mol. The normalized spacial score (nSPS) is 18.8. The Hall–Kier alpha value is -1.07. The first-order valence-electron chi connectivity index (χ1n) is 8.09. The van der Waals surface area contributed by atoms with Gasteiger partial charge >= 0.3 is 0 Å². The molecule has 1 aliphatic carbocycles. The SMILES string of the molecule is CC(N)Cc1c(N(C)C2CCCCCC2)nc2sccn12. The molecule has 0 amide bonds. The number of thiazole rings is 1. The molecule has 1 fully saturated rings. The van der Waals surface area contributed by atoms with E-state index in [0.29, 0.717) is 6.04 Å². The van der Waals surface area contributed by atoms with Gasteiger partial charge in [0.25, 0.3) is 0 Å². The molecule has 1 unspecified atom stereocenters. The standard InChI is InChI=1S/C16H26N4S/c1-12(17)11-14-15(18-16-20(14)9-10-21-16)19(2)13-7-5-3-4-6-8-13/h9-10,12-13H,3-8,11,17H2,1-2H3. The molecule has 116 valence electrons. The minimum Gasteiger partial charge on any atom is -0.355 e. The minimum absolute atomic E-state index is 0.158. The van der Waals surface area contributed by atoms with E-state index in [0.717, 1.165) is 17.2 Å². The number of nitrogens with zero attached hydrogens (tertiary/aromatic N) is 3. The second kappa shape index (κ2) is 6.36. The Bertz CT molecular complexity index is 578. The topological polar surface area (TPSA) is 46.6 Å². The molecule has 2 aromatic heterocycles. The molecule has 0 aromatic carbocycles. The second-order valence-corrected chi connectivity index (χ2v) is 7.25. The van der Waals surface area contributed by atoms with Crippen LogP contribution in [0.1, 0.15) is 51.1 Å². The number of hydrogen-bond donors (Lipinski definition) is 1. The summed E-state index contributed by atoms with van der Waals surface area (Å²) in [4.78, 5) is 8.39. The summed E-state index contributed by atoms with van der Waals surface area (Å²) >= 11 is 1.70. The van der Waals surface area contributed by atoms with Gasteiger partial charge < -0.3 is 10.6 Å². The number of imidazole rings is 1. The Morgan fingerprint density at radius 1 is 1.38 bits per heavy atom. The molecule has 1 saturated carbocycles. The molecular formula is C16H26N4S. The number of rotatable bonds is 4.